The van der Waals surface area contributed by atoms with E-state index in [9.17, 15) is 13.2 Å². The van der Waals surface area contributed by atoms with Crippen LogP contribution in [0.3, 0.4) is 0 Å². The summed E-state index contributed by atoms with van der Waals surface area (Å²) in [7, 11) is 1.89. The average Bonchev–Trinajstić information content (AvgIpc) is 2.55. The van der Waals surface area contributed by atoms with E-state index in [2.05, 4.69) is 9.98 Å². The van der Waals surface area contributed by atoms with Gasteiger partial charge in [0, 0.05) is 19.2 Å². The lowest BCUT2D eigenvalue weighted by molar-refractivity contribution is -0.137. The molecule has 1 heterocycles. The van der Waals surface area contributed by atoms with Crippen LogP contribution in [-0.2, 0) is 6.18 Å². The molecule has 0 radical (unpaired) electrons. The molecule has 4 nitrogen and oxygen atoms in total. The minimum absolute atomic E-state index is 0.00860. The molecule has 2 rings (SSSR count). The van der Waals surface area contributed by atoms with Crippen LogP contribution in [0.2, 0.25) is 5.02 Å². The van der Waals surface area contributed by atoms with Crippen molar-refractivity contribution < 1.29 is 17.9 Å². The summed E-state index contributed by atoms with van der Waals surface area (Å²) in [5.74, 6) is 0.215. The maximum absolute atomic E-state index is 12.9. The number of ether oxygens (including phenoxy) is 1. The molecule has 0 saturated carbocycles. The molecule has 1 aromatic heterocycles. The molecular formula is C17H17ClF3N3O. The second kappa shape index (κ2) is 7.74. The second-order valence-electron chi connectivity index (χ2n) is 5.37. The fraction of sp³-hybridized carbons (Fsp3) is 0.294. The van der Waals surface area contributed by atoms with Crippen LogP contribution >= 0.6 is 11.6 Å². The minimum Gasteiger partial charge on any atom is -0.439 e. The van der Waals surface area contributed by atoms with Gasteiger partial charge in [-0.15, -0.1) is 0 Å². The molecule has 8 heteroatoms. The highest BCUT2D eigenvalue weighted by Gasteiger charge is 2.33. The van der Waals surface area contributed by atoms with Crippen molar-refractivity contribution in [3.8, 4) is 11.6 Å². The van der Waals surface area contributed by atoms with Gasteiger partial charge in [0.05, 0.1) is 28.8 Å². The molecule has 134 valence electrons. The van der Waals surface area contributed by atoms with Gasteiger partial charge in [-0.25, -0.2) is 9.98 Å². The van der Waals surface area contributed by atoms with Crippen LogP contribution in [0.1, 0.15) is 18.1 Å². The number of aromatic nitrogens is 1. The number of aliphatic imine (C=N–C) groups is 1. The van der Waals surface area contributed by atoms with Crippen molar-refractivity contribution in [2.45, 2.75) is 20.0 Å². The van der Waals surface area contributed by atoms with E-state index in [0.717, 1.165) is 18.7 Å². The van der Waals surface area contributed by atoms with Gasteiger partial charge in [-0.3, -0.25) is 0 Å². The molecule has 25 heavy (non-hydrogen) atoms. The summed E-state index contributed by atoms with van der Waals surface area (Å²) < 4.78 is 44.2. The number of nitrogens with zero attached hydrogens (tertiary/aromatic N) is 3. The summed E-state index contributed by atoms with van der Waals surface area (Å²) in [4.78, 5) is 10.3. The molecular weight excluding hydrogens is 355 g/mol. The average molecular weight is 372 g/mol. The lowest BCUT2D eigenvalue weighted by Gasteiger charge is -2.12. The summed E-state index contributed by atoms with van der Waals surface area (Å²) in [6, 6.07) is 5.10. The van der Waals surface area contributed by atoms with Gasteiger partial charge >= 0.3 is 6.18 Å². The van der Waals surface area contributed by atoms with Gasteiger partial charge in [0.25, 0.3) is 0 Å². The van der Waals surface area contributed by atoms with Crippen LogP contribution in [0, 0.1) is 6.92 Å². The summed E-state index contributed by atoms with van der Waals surface area (Å²) in [6.45, 7) is 4.55. The van der Waals surface area contributed by atoms with E-state index >= 15 is 0 Å². The van der Waals surface area contributed by atoms with Crippen molar-refractivity contribution in [2.24, 2.45) is 4.99 Å². The number of rotatable bonds is 5. The number of aryl methyl sites for hydroxylation is 1. The quantitative estimate of drug-likeness (QED) is 0.517. The van der Waals surface area contributed by atoms with Crippen molar-refractivity contribution in [1.29, 1.82) is 0 Å². The third-order valence-corrected chi connectivity index (χ3v) is 3.71. The van der Waals surface area contributed by atoms with Gasteiger partial charge in [0.1, 0.15) is 5.75 Å². The fourth-order valence-corrected chi connectivity index (χ4v) is 2.09. The Morgan fingerprint density at radius 2 is 2.04 bits per heavy atom. The molecule has 0 atom stereocenters. The van der Waals surface area contributed by atoms with Gasteiger partial charge in [-0.2, -0.15) is 13.2 Å². The Kier molecular flexibility index (Phi) is 5.89. The van der Waals surface area contributed by atoms with E-state index in [4.69, 9.17) is 16.3 Å². The predicted molar refractivity (Wildman–Crippen MR) is 92.0 cm³/mol. The van der Waals surface area contributed by atoms with Gasteiger partial charge < -0.3 is 9.64 Å². The summed E-state index contributed by atoms with van der Waals surface area (Å²) in [5, 5.41) is -0.380. The first-order valence-corrected chi connectivity index (χ1v) is 7.84. The van der Waals surface area contributed by atoms with Crippen LogP contribution in [0.4, 0.5) is 18.9 Å². The van der Waals surface area contributed by atoms with Crippen LogP contribution in [-0.4, -0.2) is 29.8 Å². The van der Waals surface area contributed by atoms with E-state index in [1.54, 1.807) is 19.3 Å². The Morgan fingerprint density at radius 1 is 1.32 bits per heavy atom. The third-order valence-electron chi connectivity index (χ3n) is 3.38. The fourth-order valence-electron chi connectivity index (χ4n) is 1.87. The number of benzene rings is 1. The first kappa shape index (κ1) is 19.1. The van der Waals surface area contributed by atoms with Crippen molar-refractivity contribution in [3.05, 3.63) is 46.6 Å². The molecule has 0 spiro atoms. The smallest absolute Gasteiger partial charge is 0.417 e. The zero-order chi connectivity index (χ0) is 18.6. The maximum Gasteiger partial charge on any atom is 0.417 e. The molecule has 0 bridgehead atoms. The summed E-state index contributed by atoms with van der Waals surface area (Å²) in [5.41, 5.74) is 0.322. The minimum atomic E-state index is -4.55. The third kappa shape index (κ3) is 5.09. The Morgan fingerprint density at radius 3 is 2.64 bits per heavy atom. The molecule has 0 amide bonds. The highest BCUT2D eigenvalue weighted by Crippen LogP contribution is 2.37. The molecule has 0 aliphatic heterocycles. The van der Waals surface area contributed by atoms with E-state index in [1.165, 1.54) is 12.3 Å². The highest BCUT2D eigenvalue weighted by atomic mass is 35.5. The van der Waals surface area contributed by atoms with Gasteiger partial charge in [-0.05, 0) is 38.1 Å². The van der Waals surface area contributed by atoms with Gasteiger partial charge in [0.2, 0.25) is 5.88 Å². The number of hydrogen-bond acceptors (Lipinski definition) is 3. The highest BCUT2D eigenvalue weighted by molar-refractivity contribution is 6.31. The van der Waals surface area contributed by atoms with Crippen molar-refractivity contribution in [2.75, 3.05) is 13.6 Å². The molecule has 0 N–H and O–H groups in total. The summed E-state index contributed by atoms with van der Waals surface area (Å²) in [6.07, 6.45) is -1.39. The second-order valence-corrected chi connectivity index (χ2v) is 5.78. The molecule has 0 fully saturated rings. The molecule has 0 aliphatic rings. The number of hydrogen-bond donors (Lipinski definition) is 0. The molecule has 0 unspecified atom stereocenters. The van der Waals surface area contributed by atoms with Crippen LogP contribution in [0.15, 0.2) is 35.5 Å². The Hall–Kier alpha value is -2.28. The summed E-state index contributed by atoms with van der Waals surface area (Å²) >= 11 is 5.60. The number of pyridine rings is 1. The van der Waals surface area contributed by atoms with Crippen molar-refractivity contribution in [3.63, 3.8) is 0 Å². The Labute approximate surface area is 148 Å². The van der Waals surface area contributed by atoms with Crippen LogP contribution < -0.4 is 4.74 Å². The standard InChI is InChI=1S/C17H17ClF3N3O/c1-4-24(3)10-23-12-7-11(2)16(22-9-12)25-13-5-6-15(18)14(8-13)17(19,20)21/h5-10H,4H2,1-3H3/b23-10-. The molecule has 0 aliphatic carbocycles. The van der Waals surface area contributed by atoms with Crippen LogP contribution in [0.25, 0.3) is 0 Å². The molecule has 1 aromatic carbocycles. The first-order chi connectivity index (χ1) is 11.7. The van der Waals surface area contributed by atoms with E-state index in [0.29, 0.717) is 11.3 Å². The van der Waals surface area contributed by atoms with Crippen molar-refractivity contribution in [1.82, 2.24) is 9.88 Å². The van der Waals surface area contributed by atoms with E-state index in [-0.39, 0.29) is 16.7 Å². The first-order valence-electron chi connectivity index (χ1n) is 7.46. The monoisotopic (exact) mass is 371 g/mol. The zero-order valence-electron chi connectivity index (χ0n) is 13.9. The molecule has 0 saturated heterocycles. The largest absolute Gasteiger partial charge is 0.439 e. The predicted octanol–water partition coefficient (Wildman–Crippen LogP) is 5.47. The Balaban J connectivity index is 2.22. The number of alkyl halides is 3. The van der Waals surface area contributed by atoms with Crippen molar-refractivity contribution >= 4 is 23.6 Å². The normalized spacial score (nSPS) is 11.8. The zero-order valence-corrected chi connectivity index (χ0v) is 14.7. The molecule has 2 aromatic rings. The Bertz CT molecular complexity index is 778. The maximum atomic E-state index is 12.9. The topological polar surface area (TPSA) is 37.7 Å². The number of halogens is 4. The van der Waals surface area contributed by atoms with Gasteiger partial charge in [-0.1, -0.05) is 11.6 Å². The van der Waals surface area contributed by atoms with E-state index < -0.39 is 11.7 Å². The SMILES string of the molecule is CCN(C)/C=N\c1cnc(Oc2ccc(Cl)c(C(F)(F)F)c2)c(C)c1. The lowest BCUT2D eigenvalue weighted by atomic mass is 10.2. The van der Waals surface area contributed by atoms with Gasteiger partial charge in [0.15, 0.2) is 0 Å². The van der Waals surface area contributed by atoms with E-state index in [1.807, 2.05) is 18.9 Å². The lowest BCUT2D eigenvalue weighted by Crippen LogP contribution is -2.14. The van der Waals surface area contributed by atoms with Crippen LogP contribution in [0.5, 0.6) is 11.6 Å².